The van der Waals surface area contributed by atoms with Gasteiger partial charge in [-0.2, -0.15) is 0 Å². The molecule has 0 aliphatic carbocycles. The van der Waals surface area contributed by atoms with E-state index in [0.29, 0.717) is 11.1 Å². The summed E-state index contributed by atoms with van der Waals surface area (Å²) in [5.41, 5.74) is 1.83. The molecule has 7 heteroatoms. The third-order valence-electron chi connectivity index (χ3n) is 6.84. The molecule has 0 amide bonds. The van der Waals surface area contributed by atoms with E-state index in [9.17, 15) is 25.2 Å². The van der Waals surface area contributed by atoms with Gasteiger partial charge in [-0.1, -0.05) is 34.9 Å². The lowest BCUT2D eigenvalue weighted by Crippen LogP contribution is -2.62. The maximum atomic E-state index is 14.1. The number of Topliss-reactive ketones (excluding diaryl/α,β-unsaturated/α-hetero) is 1. The molecule has 0 unspecified atom stereocenters. The summed E-state index contributed by atoms with van der Waals surface area (Å²) in [7, 11) is 0. The zero-order valence-electron chi connectivity index (χ0n) is 22.1. The molecule has 0 saturated carbocycles. The standard InChI is InChI=1S/C30H34O7/c1-16(2)7-10-20-25(32)21(11-8-17(3)4)27-24(26(20)33)28(34)30(35)29(37-27,14-13-18(5)6)22-12-9-19(31)15-23(22)36-30/h7-9,12-13,15,31-33,35H,10-11,14H2,1-6H3/t29-,30+/m1/s1. The second-order valence-corrected chi connectivity index (χ2v) is 10.5. The first kappa shape index (κ1) is 26.4. The van der Waals surface area contributed by atoms with Crippen LogP contribution in [0.3, 0.4) is 0 Å². The Labute approximate surface area is 217 Å². The van der Waals surface area contributed by atoms with Crippen LogP contribution in [0.15, 0.2) is 53.1 Å². The van der Waals surface area contributed by atoms with Crippen LogP contribution in [0.5, 0.6) is 28.7 Å². The van der Waals surface area contributed by atoms with Gasteiger partial charge in [0, 0.05) is 29.2 Å². The molecule has 2 atom stereocenters. The second kappa shape index (κ2) is 9.30. The quantitative estimate of drug-likeness (QED) is 0.370. The van der Waals surface area contributed by atoms with Crippen molar-refractivity contribution in [3.8, 4) is 28.7 Å². The smallest absolute Gasteiger partial charge is 0.318 e. The van der Waals surface area contributed by atoms with Gasteiger partial charge < -0.3 is 29.9 Å². The fraction of sp³-hybridized carbons (Fsp3) is 0.367. The summed E-state index contributed by atoms with van der Waals surface area (Å²) in [6, 6.07) is 4.31. The largest absolute Gasteiger partial charge is 0.508 e. The monoisotopic (exact) mass is 506 g/mol. The van der Waals surface area contributed by atoms with Gasteiger partial charge in [0.15, 0.2) is 0 Å². The Balaban J connectivity index is 2.06. The molecule has 0 fully saturated rings. The number of benzene rings is 2. The van der Waals surface area contributed by atoms with Crippen molar-refractivity contribution < 1.29 is 34.7 Å². The van der Waals surface area contributed by atoms with E-state index in [1.165, 1.54) is 12.1 Å². The number of phenolic OH excluding ortho intramolecular Hbond substituents is 3. The van der Waals surface area contributed by atoms with E-state index in [1.54, 1.807) is 6.07 Å². The van der Waals surface area contributed by atoms with Crippen molar-refractivity contribution >= 4 is 5.78 Å². The first-order valence-corrected chi connectivity index (χ1v) is 12.3. The minimum absolute atomic E-state index is 0.00908. The van der Waals surface area contributed by atoms with Crippen LogP contribution in [-0.2, 0) is 18.4 Å². The highest BCUT2D eigenvalue weighted by Gasteiger charge is 2.70. The molecule has 0 saturated heterocycles. The molecule has 2 heterocycles. The Morgan fingerprint density at radius 2 is 1.43 bits per heavy atom. The molecule has 0 bridgehead atoms. The van der Waals surface area contributed by atoms with Crippen LogP contribution in [0.25, 0.3) is 0 Å². The molecular weight excluding hydrogens is 472 g/mol. The van der Waals surface area contributed by atoms with Crippen LogP contribution in [-0.4, -0.2) is 32.0 Å². The number of aromatic hydroxyl groups is 3. The van der Waals surface area contributed by atoms with Gasteiger partial charge in [-0.25, -0.2) is 0 Å². The fourth-order valence-corrected chi connectivity index (χ4v) is 4.82. The molecule has 2 aliphatic rings. The van der Waals surface area contributed by atoms with Crippen molar-refractivity contribution in [2.75, 3.05) is 0 Å². The highest BCUT2D eigenvalue weighted by molar-refractivity contribution is 6.09. The Hall–Kier alpha value is -3.71. The van der Waals surface area contributed by atoms with E-state index >= 15 is 0 Å². The van der Waals surface area contributed by atoms with Gasteiger partial charge in [-0.05, 0) is 66.5 Å². The maximum Gasteiger partial charge on any atom is 0.318 e. The van der Waals surface area contributed by atoms with Crippen LogP contribution in [0, 0.1) is 0 Å². The number of carbonyl (C=O) groups is 1. The predicted molar refractivity (Wildman–Crippen MR) is 140 cm³/mol. The second-order valence-electron chi connectivity index (χ2n) is 10.5. The number of hydrogen-bond donors (Lipinski definition) is 4. The molecule has 2 aromatic carbocycles. The summed E-state index contributed by atoms with van der Waals surface area (Å²) in [6.45, 7) is 11.4. The lowest BCUT2D eigenvalue weighted by atomic mass is 9.76. The van der Waals surface area contributed by atoms with Crippen molar-refractivity contribution in [3.05, 3.63) is 75.4 Å². The van der Waals surface area contributed by atoms with Crippen molar-refractivity contribution in [1.29, 1.82) is 0 Å². The summed E-state index contributed by atoms with van der Waals surface area (Å²) >= 11 is 0. The van der Waals surface area contributed by atoms with Crippen LogP contribution in [0.2, 0.25) is 0 Å². The number of aliphatic hydroxyl groups is 1. The summed E-state index contributed by atoms with van der Waals surface area (Å²) in [5.74, 6) is -4.00. The van der Waals surface area contributed by atoms with Gasteiger partial charge in [0.05, 0.1) is 0 Å². The topological polar surface area (TPSA) is 116 Å². The SMILES string of the molecule is CC(C)=CCc1c(O)c(CC=C(C)C)c2c(c1O)C(=O)[C@]1(O)Oc3cc(O)ccc3[C@@]1(CC=C(C)C)O2. The Morgan fingerprint density at radius 1 is 0.838 bits per heavy atom. The minimum Gasteiger partial charge on any atom is -0.508 e. The van der Waals surface area contributed by atoms with E-state index < -0.39 is 22.9 Å². The van der Waals surface area contributed by atoms with E-state index in [4.69, 9.17) is 9.47 Å². The van der Waals surface area contributed by atoms with Gasteiger partial charge in [0.25, 0.3) is 0 Å². The van der Waals surface area contributed by atoms with Crippen LogP contribution in [0.1, 0.15) is 75.0 Å². The van der Waals surface area contributed by atoms with Crippen molar-refractivity contribution in [1.82, 2.24) is 0 Å². The van der Waals surface area contributed by atoms with Gasteiger partial charge in [-0.15, -0.1) is 0 Å². The number of rotatable bonds is 6. The van der Waals surface area contributed by atoms with Crippen molar-refractivity contribution in [2.45, 2.75) is 72.2 Å². The van der Waals surface area contributed by atoms with Gasteiger partial charge in [-0.3, -0.25) is 4.79 Å². The lowest BCUT2D eigenvalue weighted by molar-refractivity contribution is -0.202. The van der Waals surface area contributed by atoms with E-state index in [-0.39, 0.29) is 53.4 Å². The molecule has 0 radical (unpaired) electrons. The molecule has 4 rings (SSSR count). The Kier molecular flexibility index (Phi) is 6.63. The van der Waals surface area contributed by atoms with Crippen molar-refractivity contribution in [2.24, 2.45) is 0 Å². The average Bonchev–Trinajstić information content (AvgIpc) is 3.05. The highest BCUT2D eigenvalue weighted by atomic mass is 16.7. The number of allylic oxidation sites excluding steroid dienone is 5. The predicted octanol–water partition coefficient (Wildman–Crippen LogP) is 5.73. The number of hydrogen-bond acceptors (Lipinski definition) is 7. The summed E-state index contributed by atoms with van der Waals surface area (Å²) < 4.78 is 12.4. The number of phenols is 3. The third kappa shape index (κ3) is 4.17. The molecule has 0 aromatic heterocycles. The Morgan fingerprint density at radius 3 is 2.03 bits per heavy atom. The number of fused-ring (bicyclic) bond motifs is 4. The third-order valence-corrected chi connectivity index (χ3v) is 6.84. The molecular formula is C30H34O7. The molecule has 4 N–H and O–H groups in total. The molecule has 2 aromatic rings. The molecule has 2 aliphatic heterocycles. The molecule has 0 spiro atoms. The zero-order chi connectivity index (χ0) is 27.3. The number of carbonyl (C=O) groups excluding carboxylic acids is 1. The van der Waals surface area contributed by atoms with Crippen LogP contribution in [0.4, 0.5) is 0 Å². The highest BCUT2D eigenvalue weighted by Crippen LogP contribution is 2.60. The zero-order valence-corrected chi connectivity index (χ0v) is 22.1. The van der Waals surface area contributed by atoms with Gasteiger partial charge in [0.2, 0.25) is 11.4 Å². The van der Waals surface area contributed by atoms with E-state index in [0.717, 1.165) is 16.7 Å². The normalized spacial score (nSPS) is 21.1. The lowest BCUT2D eigenvalue weighted by Gasteiger charge is -2.44. The molecule has 7 nitrogen and oxygen atoms in total. The molecule has 196 valence electrons. The minimum atomic E-state index is -2.52. The van der Waals surface area contributed by atoms with Crippen LogP contribution < -0.4 is 9.47 Å². The fourth-order valence-electron chi connectivity index (χ4n) is 4.82. The average molecular weight is 507 g/mol. The summed E-state index contributed by atoms with van der Waals surface area (Å²) in [5, 5.41) is 44.6. The first-order chi connectivity index (χ1) is 17.3. The van der Waals surface area contributed by atoms with E-state index in [1.807, 2.05) is 59.8 Å². The molecule has 37 heavy (non-hydrogen) atoms. The summed E-state index contributed by atoms with van der Waals surface area (Å²) in [6.07, 6.45) is 6.04. The summed E-state index contributed by atoms with van der Waals surface area (Å²) in [4.78, 5) is 14.1. The van der Waals surface area contributed by atoms with E-state index in [2.05, 4.69) is 0 Å². The van der Waals surface area contributed by atoms with Gasteiger partial charge >= 0.3 is 5.79 Å². The van der Waals surface area contributed by atoms with Gasteiger partial charge in [0.1, 0.15) is 34.3 Å². The van der Waals surface area contributed by atoms with Crippen LogP contribution >= 0.6 is 0 Å². The maximum absolute atomic E-state index is 14.1. The Bertz CT molecular complexity index is 1370. The van der Waals surface area contributed by atoms with Crippen molar-refractivity contribution in [3.63, 3.8) is 0 Å². The number of ketones is 1. The number of ether oxygens (including phenoxy) is 2. The first-order valence-electron chi connectivity index (χ1n) is 12.3.